The fraction of sp³-hybridized carbons (Fsp3) is 0.467. The Labute approximate surface area is 107 Å². The highest BCUT2D eigenvalue weighted by atomic mass is 16.8. The largest absolute Gasteiger partial charge is 0.342 e. The maximum Gasteiger partial charge on any atom is 0.187 e. The van der Waals surface area contributed by atoms with Crippen molar-refractivity contribution in [3.63, 3.8) is 0 Å². The SMILES string of the molecule is CC1(C)O[C@H]2O[C@H](/C=C/c3ccccc3)C[C@H]2O1. The fourth-order valence-electron chi connectivity index (χ4n) is 2.44. The number of benzene rings is 1. The Hall–Kier alpha value is -1.16. The van der Waals surface area contributed by atoms with Crippen LogP contribution in [0.4, 0.5) is 0 Å². The average molecular weight is 246 g/mol. The summed E-state index contributed by atoms with van der Waals surface area (Å²) in [7, 11) is 0. The molecule has 1 aromatic rings. The molecule has 0 aromatic heterocycles. The normalized spacial score (nSPS) is 34.0. The van der Waals surface area contributed by atoms with Gasteiger partial charge in [0, 0.05) is 6.42 Å². The van der Waals surface area contributed by atoms with E-state index in [0.717, 1.165) is 6.42 Å². The van der Waals surface area contributed by atoms with Crippen molar-refractivity contribution in [1.29, 1.82) is 0 Å². The van der Waals surface area contributed by atoms with Crippen LogP contribution >= 0.6 is 0 Å². The van der Waals surface area contributed by atoms with Gasteiger partial charge in [0.15, 0.2) is 12.1 Å². The van der Waals surface area contributed by atoms with Gasteiger partial charge >= 0.3 is 0 Å². The van der Waals surface area contributed by atoms with Gasteiger partial charge in [-0.15, -0.1) is 0 Å². The molecule has 0 saturated carbocycles. The molecule has 0 N–H and O–H groups in total. The zero-order chi connectivity index (χ0) is 12.6. The van der Waals surface area contributed by atoms with Crippen molar-refractivity contribution in [2.45, 2.75) is 44.6 Å². The monoisotopic (exact) mass is 246 g/mol. The molecule has 2 aliphatic heterocycles. The third-order valence-corrected chi connectivity index (χ3v) is 3.22. The molecule has 3 rings (SSSR count). The zero-order valence-electron chi connectivity index (χ0n) is 10.7. The second kappa shape index (κ2) is 4.50. The van der Waals surface area contributed by atoms with E-state index in [-0.39, 0.29) is 18.5 Å². The summed E-state index contributed by atoms with van der Waals surface area (Å²) in [5.74, 6) is -0.510. The molecule has 0 spiro atoms. The first kappa shape index (κ1) is 11.9. The van der Waals surface area contributed by atoms with Gasteiger partial charge in [-0.3, -0.25) is 0 Å². The van der Waals surface area contributed by atoms with Gasteiger partial charge in [-0.25, -0.2) is 0 Å². The van der Waals surface area contributed by atoms with E-state index in [1.807, 2.05) is 32.0 Å². The van der Waals surface area contributed by atoms with Gasteiger partial charge in [-0.05, 0) is 19.4 Å². The number of rotatable bonds is 2. The Morgan fingerprint density at radius 3 is 2.67 bits per heavy atom. The van der Waals surface area contributed by atoms with Gasteiger partial charge in [0.25, 0.3) is 0 Å². The molecule has 1 aromatic carbocycles. The van der Waals surface area contributed by atoms with Gasteiger partial charge < -0.3 is 14.2 Å². The average Bonchev–Trinajstić information content (AvgIpc) is 2.81. The molecule has 3 nitrogen and oxygen atoms in total. The molecule has 0 radical (unpaired) electrons. The Morgan fingerprint density at radius 1 is 1.17 bits per heavy atom. The van der Waals surface area contributed by atoms with Gasteiger partial charge in [0.1, 0.15) is 6.10 Å². The molecular weight excluding hydrogens is 228 g/mol. The lowest BCUT2D eigenvalue weighted by Crippen LogP contribution is -2.24. The third-order valence-electron chi connectivity index (χ3n) is 3.22. The number of hydrogen-bond acceptors (Lipinski definition) is 3. The highest BCUT2D eigenvalue weighted by Gasteiger charge is 2.47. The molecule has 0 amide bonds. The van der Waals surface area contributed by atoms with Crippen LogP contribution in [0.5, 0.6) is 0 Å². The molecule has 18 heavy (non-hydrogen) atoms. The Bertz CT molecular complexity index is 422. The van der Waals surface area contributed by atoms with Crippen molar-refractivity contribution in [2.24, 2.45) is 0 Å². The maximum atomic E-state index is 5.81. The first-order chi connectivity index (χ1) is 8.62. The summed E-state index contributed by atoms with van der Waals surface area (Å²) in [5, 5.41) is 0. The van der Waals surface area contributed by atoms with E-state index in [2.05, 4.69) is 24.3 Å². The van der Waals surface area contributed by atoms with Gasteiger partial charge in [0.2, 0.25) is 0 Å². The van der Waals surface area contributed by atoms with E-state index in [0.29, 0.717) is 0 Å². The summed E-state index contributed by atoms with van der Waals surface area (Å²) in [6, 6.07) is 10.2. The van der Waals surface area contributed by atoms with Crippen molar-refractivity contribution < 1.29 is 14.2 Å². The summed E-state index contributed by atoms with van der Waals surface area (Å²) < 4.78 is 17.3. The molecule has 0 unspecified atom stereocenters. The zero-order valence-corrected chi connectivity index (χ0v) is 10.7. The molecule has 3 atom stereocenters. The topological polar surface area (TPSA) is 27.7 Å². The molecule has 2 heterocycles. The first-order valence-electron chi connectivity index (χ1n) is 6.37. The minimum absolute atomic E-state index is 0.0606. The van der Waals surface area contributed by atoms with Crippen LogP contribution in [0, 0.1) is 0 Å². The summed E-state index contributed by atoms with van der Waals surface area (Å²) in [6.07, 6.45) is 4.94. The van der Waals surface area contributed by atoms with Crippen LogP contribution in [0.25, 0.3) is 6.08 Å². The summed E-state index contributed by atoms with van der Waals surface area (Å²) in [4.78, 5) is 0. The highest BCUT2D eigenvalue weighted by molar-refractivity contribution is 5.49. The highest BCUT2D eigenvalue weighted by Crippen LogP contribution is 2.37. The predicted octanol–water partition coefficient (Wildman–Crippen LogP) is 2.97. The van der Waals surface area contributed by atoms with E-state index in [1.54, 1.807) is 0 Å². The van der Waals surface area contributed by atoms with E-state index >= 15 is 0 Å². The van der Waals surface area contributed by atoms with E-state index in [4.69, 9.17) is 14.2 Å². The van der Waals surface area contributed by atoms with Crippen molar-refractivity contribution in [3.8, 4) is 0 Å². The summed E-state index contributed by atoms with van der Waals surface area (Å²) >= 11 is 0. The summed E-state index contributed by atoms with van der Waals surface area (Å²) in [6.45, 7) is 3.84. The second-order valence-corrected chi connectivity index (χ2v) is 5.22. The van der Waals surface area contributed by atoms with Gasteiger partial charge in [-0.1, -0.05) is 42.5 Å². The van der Waals surface area contributed by atoms with Crippen LogP contribution in [0.3, 0.4) is 0 Å². The molecule has 0 aliphatic carbocycles. The van der Waals surface area contributed by atoms with Crippen LogP contribution in [-0.2, 0) is 14.2 Å². The Balaban J connectivity index is 1.60. The predicted molar refractivity (Wildman–Crippen MR) is 68.8 cm³/mol. The molecule has 2 saturated heterocycles. The maximum absolute atomic E-state index is 5.81. The Morgan fingerprint density at radius 2 is 1.94 bits per heavy atom. The van der Waals surface area contributed by atoms with Crippen LogP contribution < -0.4 is 0 Å². The molecule has 2 aliphatic rings. The van der Waals surface area contributed by atoms with Crippen molar-refractivity contribution >= 4 is 6.08 Å². The van der Waals surface area contributed by atoms with E-state index in [9.17, 15) is 0 Å². The minimum Gasteiger partial charge on any atom is -0.342 e. The van der Waals surface area contributed by atoms with Crippen LogP contribution in [0.15, 0.2) is 36.4 Å². The molecule has 2 fully saturated rings. The molecular formula is C15H18O3. The molecule has 3 heteroatoms. The number of ether oxygens (including phenoxy) is 3. The standard InChI is InChI=1S/C15H18O3/c1-15(2)17-13-10-12(16-14(13)18-15)9-8-11-6-4-3-5-7-11/h3-9,12-14H,10H2,1-2H3/b9-8+/t12-,13-,14-/m1/s1. The van der Waals surface area contributed by atoms with Crippen molar-refractivity contribution in [2.75, 3.05) is 0 Å². The van der Waals surface area contributed by atoms with Crippen LogP contribution in [-0.4, -0.2) is 24.3 Å². The van der Waals surface area contributed by atoms with Crippen LogP contribution in [0.2, 0.25) is 0 Å². The van der Waals surface area contributed by atoms with Crippen molar-refractivity contribution in [3.05, 3.63) is 42.0 Å². The smallest absolute Gasteiger partial charge is 0.187 e. The van der Waals surface area contributed by atoms with E-state index < -0.39 is 5.79 Å². The number of hydrogen-bond donors (Lipinski definition) is 0. The lowest BCUT2D eigenvalue weighted by molar-refractivity contribution is -0.199. The van der Waals surface area contributed by atoms with Gasteiger partial charge in [0.05, 0.1) is 6.10 Å². The third kappa shape index (κ3) is 2.48. The number of fused-ring (bicyclic) bond motifs is 1. The lowest BCUT2D eigenvalue weighted by atomic mass is 10.1. The molecule has 0 bridgehead atoms. The fourth-order valence-corrected chi connectivity index (χ4v) is 2.44. The molecule has 96 valence electrons. The first-order valence-corrected chi connectivity index (χ1v) is 6.37. The minimum atomic E-state index is -0.510. The van der Waals surface area contributed by atoms with Crippen molar-refractivity contribution in [1.82, 2.24) is 0 Å². The van der Waals surface area contributed by atoms with E-state index in [1.165, 1.54) is 5.56 Å². The summed E-state index contributed by atoms with van der Waals surface area (Å²) in [5.41, 5.74) is 1.18. The quantitative estimate of drug-likeness (QED) is 0.803. The Kier molecular flexibility index (Phi) is 2.98. The second-order valence-electron chi connectivity index (χ2n) is 5.22. The van der Waals surface area contributed by atoms with Gasteiger partial charge in [-0.2, -0.15) is 0 Å². The van der Waals surface area contributed by atoms with Crippen LogP contribution in [0.1, 0.15) is 25.8 Å². The lowest BCUT2D eigenvalue weighted by Gasteiger charge is -2.19.